The van der Waals surface area contributed by atoms with Crippen molar-refractivity contribution in [3.05, 3.63) is 89.5 Å². The van der Waals surface area contributed by atoms with Crippen LogP contribution in [0.15, 0.2) is 72.8 Å². The summed E-state index contributed by atoms with van der Waals surface area (Å²) < 4.78 is 6.19. The molecular formula is C26H24N4O3S. The first kappa shape index (κ1) is 21.9. The van der Waals surface area contributed by atoms with E-state index in [0.717, 1.165) is 27.1 Å². The molecule has 3 aromatic carbocycles. The fourth-order valence-electron chi connectivity index (χ4n) is 3.97. The molecule has 4 aromatic rings. The van der Waals surface area contributed by atoms with Gasteiger partial charge in [-0.1, -0.05) is 53.8 Å². The standard InChI is InChI=1S/C26H24N4O3S/c1-33-21-11-12-22-23(15-21)34-25(27-22)28-24(31)20-9-7-19(8-10-20)17-30-14-13-29(26(30)32)16-18-5-3-2-4-6-18/h2-12,15H,13-14,16-17H2,1H3,(H,27,28,31). The van der Waals surface area contributed by atoms with Crippen molar-refractivity contribution in [3.8, 4) is 5.75 Å². The van der Waals surface area contributed by atoms with E-state index in [1.165, 1.54) is 11.3 Å². The lowest BCUT2D eigenvalue weighted by molar-refractivity contribution is 0.102. The fraction of sp³-hybridized carbons (Fsp3) is 0.192. The number of hydrogen-bond acceptors (Lipinski definition) is 5. The number of rotatable bonds is 7. The van der Waals surface area contributed by atoms with Crippen molar-refractivity contribution in [2.45, 2.75) is 13.1 Å². The van der Waals surface area contributed by atoms with Crippen LogP contribution in [0.2, 0.25) is 0 Å². The molecule has 2 heterocycles. The minimum atomic E-state index is -0.219. The van der Waals surface area contributed by atoms with E-state index in [1.807, 2.05) is 70.5 Å². The number of thiazole rings is 1. The molecule has 3 amide bonds. The predicted molar refractivity (Wildman–Crippen MR) is 133 cm³/mol. The van der Waals surface area contributed by atoms with Crippen molar-refractivity contribution in [3.63, 3.8) is 0 Å². The molecule has 1 fully saturated rings. The van der Waals surface area contributed by atoms with Gasteiger partial charge in [0.1, 0.15) is 5.75 Å². The lowest BCUT2D eigenvalue weighted by Crippen LogP contribution is -2.31. The Bertz CT molecular complexity index is 1320. The normalized spacial score (nSPS) is 13.5. The van der Waals surface area contributed by atoms with Gasteiger partial charge in [-0.25, -0.2) is 9.78 Å². The van der Waals surface area contributed by atoms with Crippen LogP contribution >= 0.6 is 11.3 Å². The van der Waals surface area contributed by atoms with Crippen molar-refractivity contribution in [1.82, 2.24) is 14.8 Å². The number of carbonyl (C=O) groups is 2. The van der Waals surface area contributed by atoms with Gasteiger partial charge in [-0.15, -0.1) is 0 Å². The molecule has 5 rings (SSSR count). The molecule has 1 saturated heterocycles. The number of urea groups is 1. The lowest BCUT2D eigenvalue weighted by atomic mass is 10.1. The number of amides is 3. The van der Waals surface area contributed by atoms with Crippen LogP contribution in [0.4, 0.5) is 9.93 Å². The SMILES string of the molecule is COc1ccc2nc(NC(=O)c3ccc(CN4CCN(Cc5ccccc5)C4=O)cc3)sc2c1. The molecule has 34 heavy (non-hydrogen) atoms. The first-order chi connectivity index (χ1) is 16.6. The third kappa shape index (κ3) is 4.72. The van der Waals surface area contributed by atoms with Crippen LogP contribution in [-0.2, 0) is 13.1 Å². The molecule has 0 saturated carbocycles. The average molecular weight is 473 g/mol. The van der Waals surface area contributed by atoms with Crippen LogP contribution in [0.3, 0.4) is 0 Å². The van der Waals surface area contributed by atoms with Gasteiger partial charge in [0, 0.05) is 31.7 Å². The number of carbonyl (C=O) groups excluding carboxylic acids is 2. The molecule has 1 aliphatic heterocycles. The zero-order valence-corrected chi connectivity index (χ0v) is 19.5. The molecule has 172 valence electrons. The Balaban J connectivity index is 1.19. The van der Waals surface area contributed by atoms with E-state index < -0.39 is 0 Å². The molecule has 0 bridgehead atoms. The first-order valence-electron chi connectivity index (χ1n) is 11.0. The van der Waals surface area contributed by atoms with Crippen LogP contribution in [0.1, 0.15) is 21.5 Å². The number of anilines is 1. The van der Waals surface area contributed by atoms with Crippen LogP contribution in [0.25, 0.3) is 10.2 Å². The first-order valence-corrected chi connectivity index (χ1v) is 11.8. The van der Waals surface area contributed by atoms with E-state index >= 15 is 0 Å². The third-order valence-corrected chi connectivity index (χ3v) is 6.74. The van der Waals surface area contributed by atoms with Gasteiger partial charge in [0.2, 0.25) is 0 Å². The number of benzene rings is 3. The number of aromatic nitrogens is 1. The largest absolute Gasteiger partial charge is 0.497 e. The van der Waals surface area contributed by atoms with Crippen LogP contribution in [0, 0.1) is 0 Å². The van der Waals surface area contributed by atoms with Crippen LogP contribution in [-0.4, -0.2) is 46.9 Å². The summed E-state index contributed by atoms with van der Waals surface area (Å²) in [6, 6.07) is 23.0. The van der Waals surface area contributed by atoms with Gasteiger partial charge in [0.05, 0.1) is 17.3 Å². The molecular weight excluding hydrogens is 448 g/mol. The second kappa shape index (κ2) is 9.52. The molecule has 0 atom stereocenters. The van der Waals surface area contributed by atoms with Gasteiger partial charge in [-0.05, 0) is 41.5 Å². The van der Waals surface area contributed by atoms with Crippen molar-refractivity contribution in [2.24, 2.45) is 0 Å². The van der Waals surface area contributed by atoms with Crippen molar-refractivity contribution >= 4 is 38.6 Å². The second-order valence-electron chi connectivity index (χ2n) is 8.12. The van der Waals surface area contributed by atoms with Crippen LogP contribution in [0.5, 0.6) is 5.75 Å². The van der Waals surface area contributed by atoms with Crippen molar-refractivity contribution in [1.29, 1.82) is 0 Å². The summed E-state index contributed by atoms with van der Waals surface area (Å²) >= 11 is 1.40. The molecule has 0 unspecified atom stereocenters. The Morgan fingerprint density at radius 3 is 2.32 bits per heavy atom. The Kier molecular flexibility index (Phi) is 6.14. The molecule has 1 aromatic heterocycles. The van der Waals surface area contributed by atoms with Crippen molar-refractivity contribution in [2.75, 3.05) is 25.5 Å². The molecule has 0 radical (unpaired) electrons. The number of nitrogens with zero attached hydrogens (tertiary/aromatic N) is 3. The summed E-state index contributed by atoms with van der Waals surface area (Å²) in [5.41, 5.74) is 3.46. The monoisotopic (exact) mass is 472 g/mol. The summed E-state index contributed by atoms with van der Waals surface area (Å²) in [5, 5.41) is 3.41. The highest BCUT2D eigenvalue weighted by molar-refractivity contribution is 7.22. The van der Waals surface area contributed by atoms with E-state index in [-0.39, 0.29) is 11.9 Å². The number of methoxy groups -OCH3 is 1. The maximum absolute atomic E-state index is 12.8. The maximum Gasteiger partial charge on any atom is 0.320 e. The fourth-order valence-corrected chi connectivity index (χ4v) is 4.86. The summed E-state index contributed by atoms with van der Waals surface area (Å²) in [6.07, 6.45) is 0. The van der Waals surface area contributed by atoms with E-state index in [1.54, 1.807) is 19.2 Å². The van der Waals surface area contributed by atoms with Crippen molar-refractivity contribution < 1.29 is 14.3 Å². The molecule has 0 spiro atoms. The Morgan fingerprint density at radius 2 is 1.65 bits per heavy atom. The Morgan fingerprint density at radius 1 is 0.971 bits per heavy atom. The second-order valence-corrected chi connectivity index (χ2v) is 9.15. The average Bonchev–Trinajstić information content (AvgIpc) is 3.42. The Hall–Kier alpha value is -3.91. The zero-order valence-electron chi connectivity index (χ0n) is 18.7. The Labute approximate surface area is 201 Å². The minimum absolute atomic E-state index is 0.0399. The number of hydrogen-bond donors (Lipinski definition) is 1. The lowest BCUT2D eigenvalue weighted by Gasteiger charge is -2.19. The summed E-state index contributed by atoms with van der Waals surface area (Å²) in [5.74, 6) is 0.535. The van der Waals surface area contributed by atoms with Gasteiger partial charge >= 0.3 is 6.03 Å². The van der Waals surface area contributed by atoms with E-state index in [4.69, 9.17) is 4.74 Å². The van der Waals surface area contributed by atoms with Gasteiger partial charge in [-0.2, -0.15) is 0 Å². The highest BCUT2D eigenvalue weighted by atomic mass is 32.1. The van der Waals surface area contributed by atoms with Gasteiger partial charge in [0.15, 0.2) is 5.13 Å². The maximum atomic E-state index is 12.8. The minimum Gasteiger partial charge on any atom is -0.497 e. The molecule has 1 N–H and O–H groups in total. The zero-order chi connectivity index (χ0) is 23.5. The summed E-state index contributed by atoms with van der Waals surface area (Å²) in [4.78, 5) is 33.7. The summed E-state index contributed by atoms with van der Waals surface area (Å²) in [7, 11) is 1.62. The topological polar surface area (TPSA) is 74.8 Å². The van der Waals surface area contributed by atoms with E-state index in [2.05, 4.69) is 10.3 Å². The van der Waals surface area contributed by atoms with E-state index in [0.29, 0.717) is 36.9 Å². The highest BCUT2D eigenvalue weighted by Gasteiger charge is 2.28. The quantitative estimate of drug-likeness (QED) is 0.411. The molecule has 1 aliphatic rings. The smallest absolute Gasteiger partial charge is 0.320 e. The summed E-state index contributed by atoms with van der Waals surface area (Å²) in [6.45, 7) is 2.54. The third-order valence-electron chi connectivity index (χ3n) is 5.80. The predicted octanol–water partition coefficient (Wildman–Crippen LogP) is 5.00. The number of ether oxygens (including phenoxy) is 1. The van der Waals surface area contributed by atoms with Gasteiger partial charge < -0.3 is 14.5 Å². The van der Waals surface area contributed by atoms with Gasteiger partial charge in [-0.3, -0.25) is 10.1 Å². The molecule has 7 nitrogen and oxygen atoms in total. The van der Waals surface area contributed by atoms with Gasteiger partial charge in [0.25, 0.3) is 5.91 Å². The molecule has 0 aliphatic carbocycles. The van der Waals surface area contributed by atoms with E-state index in [9.17, 15) is 9.59 Å². The van der Waals surface area contributed by atoms with Crippen LogP contribution < -0.4 is 10.1 Å². The molecule has 8 heteroatoms. The number of fused-ring (bicyclic) bond motifs is 1. The number of nitrogens with one attached hydrogen (secondary N) is 1. The highest BCUT2D eigenvalue weighted by Crippen LogP contribution is 2.29.